The van der Waals surface area contributed by atoms with E-state index in [1.165, 1.54) is 18.5 Å². The van der Waals surface area contributed by atoms with Crippen molar-refractivity contribution < 1.29 is 22.7 Å². The highest BCUT2D eigenvalue weighted by molar-refractivity contribution is 7.92. The molecule has 0 radical (unpaired) electrons. The summed E-state index contributed by atoms with van der Waals surface area (Å²) in [6.45, 7) is 4.09. The van der Waals surface area contributed by atoms with Gasteiger partial charge in [0, 0.05) is 26.6 Å². The molecule has 9 heteroatoms. The Bertz CT molecular complexity index is 1050. The summed E-state index contributed by atoms with van der Waals surface area (Å²) in [5, 5.41) is 2.59. The van der Waals surface area contributed by atoms with Gasteiger partial charge in [-0.15, -0.1) is 0 Å². The van der Waals surface area contributed by atoms with Crippen LogP contribution in [0.3, 0.4) is 0 Å². The molecule has 2 aromatic carbocycles. The van der Waals surface area contributed by atoms with Crippen LogP contribution >= 0.6 is 0 Å². The van der Waals surface area contributed by atoms with Crippen LogP contribution < -0.4 is 14.4 Å². The lowest BCUT2D eigenvalue weighted by atomic mass is 10.1. The minimum absolute atomic E-state index is 0.107. The van der Waals surface area contributed by atoms with Crippen molar-refractivity contribution in [3.05, 3.63) is 59.7 Å². The van der Waals surface area contributed by atoms with E-state index in [9.17, 15) is 18.0 Å². The van der Waals surface area contributed by atoms with E-state index in [0.29, 0.717) is 24.4 Å². The molecule has 180 valence electrons. The number of carbonyl (C=O) groups is 2. The summed E-state index contributed by atoms with van der Waals surface area (Å²) in [4.78, 5) is 27.0. The lowest BCUT2D eigenvalue weighted by molar-refractivity contribution is -0.140. The molecule has 1 N–H and O–H groups in total. The van der Waals surface area contributed by atoms with Crippen LogP contribution in [0.25, 0.3) is 0 Å². The molecule has 0 saturated heterocycles. The van der Waals surface area contributed by atoms with Gasteiger partial charge in [-0.05, 0) is 55.7 Å². The first-order chi connectivity index (χ1) is 15.6. The minimum Gasteiger partial charge on any atom is -0.497 e. The molecular weight excluding hydrogens is 442 g/mol. The molecular formula is C24H33N3O5S. The molecule has 0 aliphatic heterocycles. The molecule has 0 spiro atoms. The van der Waals surface area contributed by atoms with Gasteiger partial charge in [0.25, 0.3) is 0 Å². The highest BCUT2D eigenvalue weighted by Crippen LogP contribution is 2.22. The summed E-state index contributed by atoms with van der Waals surface area (Å²) in [6.07, 6.45) is 1.55. The smallest absolute Gasteiger partial charge is 0.242 e. The first-order valence-electron chi connectivity index (χ1n) is 10.8. The molecule has 0 fully saturated rings. The third kappa shape index (κ3) is 7.21. The summed E-state index contributed by atoms with van der Waals surface area (Å²) in [5.41, 5.74) is 2.49. The van der Waals surface area contributed by atoms with Crippen molar-refractivity contribution in [3.63, 3.8) is 0 Å². The summed E-state index contributed by atoms with van der Waals surface area (Å²) in [5.74, 6) is 0.155. The third-order valence-electron chi connectivity index (χ3n) is 5.53. The van der Waals surface area contributed by atoms with Crippen LogP contribution in [-0.4, -0.2) is 58.1 Å². The van der Waals surface area contributed by atoms with Gasteiger partial charge in [0.2, 0.25) is 21.8 Å². The summed E-state index contributed by atoms with van der Waals surface area (Å²) < 4.78 is 31.1. The van der Waals surface area contributed by atoms with E-state index in [-0.39, 0.29) is 24.8 Å². The second-order valence-corrected chi connectivity index (χ2v) is 9.78. The van der Waals surface area contributed by atoms with Crippen LogP contribution in [0.15, 0.2) is 48.5 Å². The van der Waals surface area contributed by atoms with E-state index in [1.54, 1.807) is 36.1 Å². The van der Waals surface area contributed by atoms with Crippen LogP contribution in [-0.2, 0) is 26.2 Å². The standard InChI is InChI=1S/C24H33N3O5S/c1-18-9-6-7-10-20(18)17-26(19(2)24(29)25-3)23(28)11-8-16-27(33(5,30)31)21-12-14-22(32-4)15-13-21/h6-7,9-10,12-15,19H,8,11,16-17H2,1-5H3,(H,25,29)/t19-/m1/s1. The van der Waals surface area contributed by atoms with Crippen molar-refractivity contribution >= 4 is 27.5 Å². The second kappa shape index (κ2) is 11.7. The van der Waals surface area contributed by atoms with Crippen LogP contribution in [0.5, 0.6) is 5.75 Å². The maximum absolute atomic E-state index is 13.1. The number of ether oxygens (including phenoxy) is 1. The van der Waals surface area contributed by atoms with Crippen molar-refractivity contribution in [2.24, 2.45) is 0 Å². The zero-order chi connectivity index (χ0) is 24.6. The summed E-state index contributed by atoms with van der Waals surface area (Å²) in [7, 11) is -0.465. The van der Waals surface area contributed by atoms with Crippen molar-refractivity contribution in [1.82, 2.24) is 10.2 Å². The summed E-state index contributed by atoms with van der Waals surface area (Å²) in [6, 6.07) is 13.8. The summed E-state index contributed by atoms with van der Waals surface area (Å²) >= 11 is 0. The predicted molar refractivity (Wildman–Crippen MR) is 130 cm³/mol. The average molecular weight is 476 g/mol. The number of hydrogen-bond acceptors (Lipinski definition) is 5. The van der Waals surface area contributed by atoms with Crippen LogP contribution in [0.1, 0.15) is 30.9 Å². The maximum atomic E-state index is 13.1. The Labute approximate surface area is 196 Å². The fourth-order valence-electron chi connectivity index (χ4n) is 3.51. The Morgan fingerprint density at radius 1 is 1.09 bits per heavy atom. The normalized spacial score (nSPS) is 12.0. The Balaban J connectivity index is 2.14. The van der Waals surface area contributed by atoms with E-state index in [2.05, 4.69) is 5.32 Å². The van der Waals surface area contributed by atoms with Gasteiger partial charge in [-0.25, -0.2) is 8.42 Å². The number of methoxy groups -OCH3 is 1. The molecule has 33 heavy (non-hydrogen) atoms. The zero-order valence-corrected chi connectivity index (χ0v) is 20.7. The molecule has 2 aromatic rings. The maximum Gasteiger partial charge on any atom is 0.242 e. The van der Waals surface area contributed by atoms with Crippen LogP contribution in [0.2, 0.25) is 0 Å². The molecule has 2 rings (SSSR count). The Morgan fingerprint density at radius 3 is 2.27 bits per heavy atom. The van der Waals surface area contributed by atoms with Crippen LogP contribution in [0.4, 0.5) is 5.69 Å². The second-order valence-electron chi connectivity index (χ2n) is 7.88. The van der Waals surface area contributed by atoms with Crippen molar-refractivity contribution in [1.29, 1.82) is 0 Å². The molecule has 0 aromatic heterocycles. The molecule has 0 unspecified atom stereocenters. The molecule has 8 nitrogen and oxygen atoms in total. The predicted octanol–water partition coefficient (Wildman–Crippen LogP) is 2.71. The Hall–Kier alpha value is -3.07. The number of carbonyl (C=O) groups excluding carboxylic acids is 2. The highest BCUT2D eigenvalue weighted by Gasteiger charge is 2.26. The number of aryl methyl sites for hydroxylation is 1. The number of nitrogens with zero attached hydrogens (tertiary/aromatic N) is 2. The van der Waals surface area contributed by atoms with Gasteiger partial charge in [0.05, 0.1) is 19.1 Å². The topological polar surface area (TPSA) is 96.0 Å². The number of sulfonamides is 1. The van der Waals surface area contributed by atoms with Gasteiger partial charge in [-0.1, -0.05) is 24.3 Å². The van der Waals surface area contributed by atoms with Gasteiger partial charge in [0.1, 0.15) is 11.8 Å². The van der Waals surface area contributed by atoms with Gasteiger partial charge >= 0.3 is 0 Å². The third-order valence-corrected chi connectivity index (χ3v) is 6.72. The molecule has 2 amide bonds. The van der Waals surface area contributed by atoms with Gasteiger partial charge in [-0.3, -0.25) is 13.9 Å². The number of nitrogens with one attached hydrogen (secondary N) is 1. The fraction of sp³-hybridized carbons (Fsp3) is 0.417. The monoisotopic (exact) mass is 475 g/mol. The van der Waals surface area contributed by atoms with Gasteiger partial charge in [0.15, 0.2) is 0 Å². The zero-order valence-electron chi connectivity index (χ0n) is 19.9. The molecule has 0 bridgehead atoms. The number of hydrogen-bond donors (Lipinski definition) is 1. The van der Waals surface area contributed by atoms with Crippen LogP contribution in [0, 0.1) is 6.92 Å². The first kappa shape index (κ1) is 26.2. The number of likely N-dealkylation sites (N-methyl/N-ethyl adjacent to an activating group) is 1. The SMILES string of the molecule is CNC(=O)[C@@H](C)N(Cc1ccccc1C)C(=O)CCCN(c1ccc(OC)cc1)S(C)(=O)=O. The molecule has 0 heterocycles. The fourth-order valence-corrected chi connectivity index (χ4v) is 4.48. The van der Waals surface area contributed by atoms with Gasteiger partial charge < -0.3 is 15.0 Å². The highest BCUT2D eigenvalue weighted by atomic mass is 32.2. The number of benzene rings is 2. The minimum atomic E-state index is -3.54. The lowest BCUT2D eigenvalue weighted by Gasteiger charge is -2.29. The number of anilines is 1. The molecule has 0 saturated carbocycles. The van der Waals surface area contributed by atoms with E-state index < -0.39 is 16.1 Å². The van der Waals surface area contributed by atoms with E-state index in [4.69, 9.17) is 4.74 Å². The van der Waals surface area contributed by atoms with E-state index in [1.807, 2.05) is 31.2 Å². The number of amides is 2. The van der Waals surface area contributed by atoms with E-state index in [0.717, 1.165) is 17.4 Å². The Morgan fingerprint density at radius 2 is 1.73 bits per heavy atom. The van der Waals surface area contributed by atoms with Crippen molar-refractivity contribution in [2.75, 3.05) is 31.3 Å². The number of rotatable bonds is 11. The van der Waals surface area contributed by atoms with E-state index >= 15 is 0 Å². The lowest BCUT2D eigenvalue weighted by Crippen LogP contribution is -2.47. The first-order valence-corrected chi connectivity index (χ1v) is 12.6. The molecule has 1 atom stereocenters. The molecule has 0 aliphatic rings. The quantitative estimate of drug-likeness (QED) is 0.539. The van der Waals surface area contributed by atoms with Gasteiger partial charge in [-0.2, -0.15) is 0 Å². The largest absolute Gasteiger partial charge is 0.497 e. The average Bonchev–Trinajstić information content (AvgIpc) is 2.79. The van der Waals surface area contributed by atoms with Crippen molar-refractivity contribution in [2.45, 2.75) is 39.3 Å². The molecule has 0 aliphatic carbocycles. The van der Waals surface area contributed by atoms with Crippen molar-refractivity contribution in [3.8, 4) is 5.75 Å². The Kier molecular flexibility index (Phi) is 9.28.